The van der Waals surface area contributed by atoms with Gasteiger partial charge in [-0.2, -0.15) is 10.4 Å². The number of carbonyl (C=O) groups is 1. The summed E-state index contributed by atoms with van der Waals surface area (Å²) in [7, 11) is 0. The molecule has 0 radical (unpaired) electrons. The quantitative estimate of drug-likeness (QED) is 0.527. The molecule has 0 saturated carbocycles. The van der Waals surface area contributed by atoms with Crippen molar-refractivity contribution < 1.29 is 19.4 Å². The number of hydrogen-bond acceptors (Lipinski definition) is 7. The smallest absolute Gasteiger partial charge is 0.255 e. The Kier molecular flexibility index (Phi) is 5.34. The third-order valence-electron chi connectivity index (χ3n) is 6.55. The summed E-state index contributed by atoms with van der Waals surface area (Å²) in [5.74, 6) is -0.326. The number of fused-ring (bicyclic) bond motifs is 1. The minimum atomic E-state index is -1.01. The van der Waals surface area contributed by atoms with E-state index in [2.05, 4.69) is 15.4 Å². The fourth-order valence-corrected chi connectivity index (χ4v) is 5.24. The zero-order chi connectivity index (χ0) is 25.0. The highest BCUT2D eigenvalue weighted by Gasteiger charge is 2.42. The van der Waals surface area contributed by atoms with Crippen LogP contribution in [0.5, 0.6) is 0 Å². The Bertz CT molecular complexity index is 1380. The lowest BCUT2D eigenvalue weighted by Crippen LogP contribution is -2.55. The fraction of sp³-hybridized carbons (Fsp3) is 0.360. The minimum Gasteiger partial charge on any atom is -0.396 e. The monoisotopic (exact) mass is 476 g/mol. The summed E-state index contributed by atoms with van der Waals surface area (Å²) >= 11 is 0. The molecular weight excluding hydrogens is 451 g/mol. The summed E-state index contributed by atoms with van der Waals surface area (Å²) < 4.78 is 16.3. The van der Waals surface area contributed by atoms with Crippen LogP contribution in [0.25, 0.3) is 16.9 Å². The van der Waals surface area contributed by atoms with Gasteiger partial charge in [0.05, 0.1) is 58.6 Å². The fourth-order valence-electron chi connectivity index (χ4n) is 5.24. The van der Waals surface area contributed by atoms with Crippen LogP contribution in [0.1, 0.15) is 41.9 Å². The topological polar surface area (TPSA) is 127 Å². The molecule has 9 nitrogen and oxygen atoms in total. The predicted molar refractivity (Wildman–Crippen MR) is 125 cm³/mol. The molecule has 3 aromatic rings. The van der Waals surface area contributed by atoms with Crippen molar-refractivity contribution in [2.45, 2.75) is 32.4 Å². The third-order valence-corrected chi connectivity index (χ3v) is 6.55. The number of pyridine rings is 1. The number of benzene rings is 1. The third kappa shape index (κ3) is 4.03. The molecule has 2 aliphatic rings. The maximum absolute atomic E-state index is 14.8. The highest BCUT2D eigenvalue weighted by Crippen LogP contribution is 2.37. The SMILES string of the molecule is C[C@@]1(O)CN(c2ccn(-c3cc(-c4c(F)cccc4C#N)nc4c3C(=O)NC4)n2)C[C@@](C)(CO)C1. The molecule has 3 N–H and O–H groups in total. The molecule has 2 aromatic heterocycles. The Morgan fingerprint density at radius 1 is 1.26 bits per heavy atom. The molecule has 1 aromatic carbocycles. The molecule has 1 amide bonds. The van der Waals surface area contributed by atoms with Crippen molar-refractivity contribution in [1.29, 1.82) is 5.26 Å². The Morgan fingerprint density at radius 2 is 2.06 bits per heavy atom. The predicted octanol–water partition coefficient (Wildman–Crippen LogP) is 2.15. The summed E-state index contributed by atoms with van der Waals surface area (Å²) in [6.07, 6.45) is 2.14. The van der Waals surface area contributed by atoms with Gasteiger partial charge in [-0.1, -0.05) is 13.0 Å². The molecule has 0 spiro atoms. The number of piperidine rings is 1. The van der Waals surface area contributed by atoms with Gasteiger partial charge in [-0.15, -0.1) is 0 Å². The minimum absolute atomic E-state index is 0.0663. The van der Waals surface area contributed by atoms with Crippen LogP contribution in [0.15, 0.2) is 36.5 Å². The lowest BCUT2D eigenvalue weighted by Gasteiger charge is -2.46. The van der Waals surface area contributed by atoms with Crippen molar-refractivity contribution in [1.82, 2.24) is 20.1 Å². The largest absolute Gasteiger partial charge is 0.396 e. The molecule has 0 bridgehead atoms. The number of anilines is 1. The van der Waals surface area contributed by atoms with E-state index in [1.165, 1.54) is 22.9 Å². The first-order chi connectivity index (χ1) is 16.6. The van der Waals surface area contributed by atoms with E-state index in [-0.39, 0.29) is 35.9 Å². The lowest BCUT2D eigenvalue weighted by atomic mass is 9.76. The second-order valence-corrected chi connectivity index (χ2v) is 9.92. The van der Waals surface area contributed by atoms with Gasteiger partial charge in [0, 0.05) is 30.8 Å². The van der Waals surface area contributed by atoms with Crippen LogP contribution in [0.2, 0.25) is 0 Å². The maximum atomic E-state index is 14.8. The summed E-state index contributed by atoms with van der Waals surface area (Å²) in [5.41, 5.74) is 0.113. The maximum Gasteiger partial charge on any atom is 0.255 e. The average Bonchev–Trinajstić information content (AvgIpc) is 3.44. The Balaban J connectivity index is 1.61. The molecule has 0 aliphatic carbocycles. The molecule has 5 rings (SSSR count). The molecule has 2 aliphatic heterocycles. The molecule has 180 valence electrons. The van der Waals surface area contributed by atoms with Gasteiger partial charge in [0.1, 0.15) is 5.82 Å². The second-order valence-electron chi connectivity index (χ2n) is 9.92. The second kappa shape index (κ2) is 8.15. The number of carbonyl (C=O) groups excluding carboxylic acids is 1. The van der Waals surface area contributed by atoms with E-state index in [0.29, 0.717) is 42.3 Å². The van der Waals surface area contributed by atoms with Gasteiger partial charge in [-0.3, -0.25) is 4.79 Å². The Hall–Kier alpha value is -3.81. The Morgan fingerprint density at radius 3 is 2.80 bits per heavy atom. The van der Waals surface area contributed by atoms with Gasteiger partial charge in [-0.05, 0) is 31.5 Å². The number of amides is 1. The number of β-amino-alcohol motifs (C(OH)–C–C–N with tert-alkyl or cyclic N) is 1. The number of rotatable bonds is 4. The number of aliphatic hydroxyl groups is 2. The summed E-state index contributed by atoms with van der Waals surface area (Å²) in [5, 5.41) is 37.6. The summed E-state index contributed by atoms with van der Waals surface area (Å²) in [4.78, 5) is 19.0. The first-order valence-corrected chi connectivity index (χ1v) is 11.3. The molecule has 4 heterocycles. The van der Waals surface area contributed by atoms with Crippen molar-refractivity contribution in [3.63, 3.8) is 0 Å². The molecule has 35 heavy (non-hydrogen) atoms. The number of nitrogens with one attached hydrogen (secondary N) is 1. The lowest BCUT2D eigenvalue weighted by molar-refractivity contribution is -0.0234. The van der Waals surface area contributed by atoms with Crippen molar-refractivity contribution in [3.8, 4) is 23.0 Å². The zero-order valence-corrected chi connectivity index (χ0v) is 19.4. The van der Waals surface area contributed by atoms with Gasteiger partial charge < -0.3 is 20.4 Å². The van der Waals surface area contributed by atoms with Crippen LogP contribution >= 0.6 is 0 Å². The van der Waals surface area contributed by atoms with E-state index in [0.717, 1.165) is 0 Å². The van der Waals surface area contributed by atoms with Crippen LogP contribution in [-0.4, -0.2) is 56.2 Å². The van der Waals surface area contributed by atoms with Gasteiger partial charge in [0.2, 0.25) is 0 Å². The molecule has 1 fully saturated rings. The van der Waals surface area contributed by atoms with Gasteiger partial charge in [-0.25, -0.2) is 14.1 Å². The first kappa shape index (κ1) is 23.0. The van der Waals surface area contributed by atoms with Crippen molar-refractivity contribution in [3.05, 3.63) is 59.2 Å². The summed E-state index contributed by atoms with van der Waals surface area (Å²) in [6, 6.07) is 9.57. The molecule has 0 unspecified atom stereocenters. The van der Waals surface area contributed by atoms with Crippen molar-refractivity contribution >= 4 is 11.7 Å². The average molecular weight is 477 g/mol. The van der Waals surface area contributed by atoms with E-state index < -0.39 is 16.8 Å². The molecule has 2 atom stereocenters. The van der Waals surface area contributed by atoms with Crippen LogP contribution in [0.3, 0.4) is 0 Å². The van der Waals surface area contributed by atoms with Crippen molar-refractivity contribution in [2.24, 2.45) is 5.41 Å². The van der Waals surface area contributed by atoms with Gasteiger partial charge >= 0.3 is 0 Å². The van der Waals surface area contributed by atoms with E-state index in [9.17, 15) is 24.7 Å². The molecule has 1 saturated heterocycles. The van der Waals surface area contributed by atoms with E-state index in [4.69, 9.17) is 0 Å². The zero-order valence-electron chi connectivity index (χ0n) is 19.4. The standard InChI is InChI=1S/C25H25FN6O3/c1-24(14-33)11-25(2,35)13-31(12-24)20-6-7-32(30-20)19-8-17(29-18-10-28-23(34)22(18)19)21-15(9-27)4-3-5-16(21)26/h3-8,33,35H,10-14H2,1-2H3,(H,28,34)/t24-,25-/m0/s1. The van der Waals surface area contributed by atoms with Crippen LogP contribution in [-0.2, 0) is 6.54 Å². The number of aliphatic hydroxyl groups excluding tert-OH is 1. The van der Waals surface area contributed by atoms with E-state index in [1.54, 1.807) is 25.3 Å². The first-order valence-electron chi connectivity index (χ1n) is 11.3. The highest BCUT2D eigenvalue weighted by molar-refractivity contribution is 6.01. The highest BCUT2D eigenvalue weighted by atomic mass is 19.1. The van der Waals surface area contributed by atoms with Gasteiger partial charge in [0.25, 0.3) is 5.91 Å². The van der Waals surface area contributed by atoms with Crippen molar-refractivity contribution in [2.75, 3.05) is 24.6 Å². The van der Waals surface area contributed by atoms with Crippen LogP contribution in [0, 0.1) is 22.6 Å². The number of halogens is 1. The Labute approximate surface area is 201 Å². The van der Waals surface area contributed by atoms with E-state index >= 15 is 0 Å². The summed E-state index contributed by atoms with van der Waals surface area (Å²) in [6.45, 7) is 4.59. The van der Waals surface area contributed by atoms with Crippen LogP contribution in [0.4, 0.5) is 10.2 Å². The number of nitriles is 1. The molecule has 10 heteroatoms. The van der Waals surface area contributed by atoms with E-state index in [1.807, 2.05) is 17.9 Å². The van der Waals surface area contributed by atoms with Gasteiger partial charge in [0.15, 0.2) is 5.82 Å². The van der Waals surface area contributed by atoms with Crippen LogP contribution < -0.4 is 10.2 Å². The molecular formula is C25H25FN6O3. The normalized spacial score (nSPS) is 23.7. The number of aromatic nitrogens is 3. The number of hydrogen-bond donors (Lipinski definition) is 3. The number of nitrogens with zero attached hydrogens (tertiary/aromatic N) is 5.